The average Bonchev–Trinajstić information content (AvgIpc) is 3.13. The molecule has 1 aliphatic rings. The molecule has 1 saturated heterocycles. The number of carbonyl (C=O) groups excluding carboxylic acids is 1. The molecule has 0 spiro atoms. The van der Waals surface area contributed by atoms with Crippen molar-refractivity contribution in [3.05, 3.63) is 65.2 Å². The van der Waals surface area contributed by atoms with Crippen LogP contribution in [0.2, 0.25) is 0 Å². The van der Waals surface area contributed by atoms with Crippen molar-refractivity contribution >= 4 is 35.8 Å². The molecule has 2 N–H and O–H groups in total. The Labute approximate surface area is 202 Å². The van der Waals surface area contributed by atoms with Crippen LogP contribution in [0, 0.1) is 0 Å². The van der Waals surface area contributed by atoms with Crippen LogP contribution in [-0.2, 0) is 24.4 Å². The number of likely N-dealkylation sites (tertiary alicyclic amines) is 1. The lowest BCUT2D eigenvalue weighted by atomic mass is 10.1. The first kappa shape index (κ1) is 25.8. The summed E-state index contributed by atoms with van der Waals surface area (Å²) in [5.74, 6) is 0.404. The highest BCUT2D eigenvalue weighted by molar-refractivity contribution is 14.0. The van der Waals surface area contributed by atoms with E-state index in [4.69, 9.17) is 0 Å². The van der Waals surface area contributed by atoms with Gasteiger partial charge in [-0.05, 0) is 23.6 Å². The molecule has 1 amide bonds. The number of para-hydroxylation sites is 1. The number of halogens is 4. The van der Waals surface area contributed by atoms with Gasteiger partial charge in [-0.25, -0.2) is 0 Å². The van der Waals surface area contributed by atoms with E-state index in [-0.39, 0.29) is 42.2 Å². The molecular formula is C22H26F3IN4O2. The van der Waals surface area contributed by atoms with E-state index in [9.17, 15) is 18.0 Å². The smallest absolute Gasteiger partial charge is 0.405 e. The molecule has 3 rings (SSSR count). The average molecular weight is 562 g/mol. The number of amides is 1. The first-order valence-electron chi connectivity index (χ1n) is 9.98. The second-order valence-electron chi connectivity index (χ2n) is 7.17. The summed E-state index contributed by atoms with van der Waals surface area (Å²) in [4.78, 5) is 17.7. The Hall–Kier alpha value is -2.50. The fourth-order valence-electron chi connectivity index (χ4n) is 3.31. The minimum Gasteiger partial charge on any atom is -0.405 e. The third-order valence-corrected chi connectivity index (χ3v) is 4.90. The number of hydrogen-bond acceptors (Lipinski definition) is 3. The SMILES string of the molecule is CN=C(NCc1ccc(CN2CCCC2=O)cc1)NCc1ccccc1OC(F)(F)F.I. The highest BCUT2D eigenvalue weighted by Crippen LogP contribution is 2.26. The van der Waals surface area contributed by atoms with Crippen molar-refractivity contribution < 1.29 is 22.7 Å². The number of aliphatic imine (C=N–C) groups is 1. The number of ether oxygens (including phenoxy) is 1. The Kier molecular flexibility index (Phi) is 9.60. The zero-order valence-corrected chi connectivity index (χ0v) is 19.9. The number of nitrogens with zero attached hydrogens (tertiary/aromatic N) is 2. The zero-order valence-electron chi connectivity index (χ0n) is 17.6. The Balaban J connectivity index is 0.00000363. The van der Waals surface area contributed by atoms with Crippen molar-refractivity contribution in [1.82, 2.24) is 15.5 Å². The summed E-state index contributed by atoms with van der Waals surface area (Å²) in [5, 5.41) is 6.13. The van der Waals surface area contributed by atoms with E-state index in [1.165, 1.54) is 12.1 Å². The second-order valence-corrected chi connectivity index (χ2v) is 7.17. The van der Waals surface area contributed by atoms with Gasteiger partial charge in [0, 0.05) is 45.2 Å². The van der Waals surface area contributed by atoms with Gasteiger partial charge in [-0.2, -0.15) is 0 Å². The fourth-order valence-corrected chi connectivity index (χ4v) is 3.31. The molecule has 1 aliphatic heterocycles. The predicted octanol–water partition coefficient (Wildman–Crippen LogP) is 4.19. The van der Waals surface area contributed by atoms with Crippen LogP contribution < -0.4 is 15.4 Å². The molecule has 10 heteroatoms. The maximum absolute atomic E-state index is 12.6. The molecule has 2 aromatic rings. The van der Waals surface area contributed by atoms with Crippen molar-refractivity contribution in [3.63, 3.8) is 0 Å². The van der Waals surface area contributed by atoms with Crippen LogP contribution in [0.1, 0.15) is 29.5 Å². The highest BCUT2D eigenvalue weighted by atomic mass is 127. The summed E-state index contributed by atoms with van der Waals surface area (Å²) in [6.07, 6.45) is -3.20. The monoisotopic (exact) mass is 562 g/mol. The van der Waals surface area contributed by atoms with E-state index in [2.05, 4.69) is 20.4 Å². The van der Waals surface area contributed by atoms with Gasteiger partial charge in [-0.3, -0.25) is 9.79 Å². The van der Waals surface area contributed by atoms with E-state index < -0.39 is 6.36 Å². The van der Waals surface area contributed by atoms with E-state index in [1.54, 1.807) is 19.2 Å². The van der Waals surface area contributed by atoms with Crippen LogP contribution in [0.25, 0.3) is 0 Å². The van der Waals surface area contributed by atoms with E-state index in [0.717, 1.165) is 24.1 Å². The fraction of sp³-hybridized carbons (Fsp3) is 0.364. The normalized spacial score (nSPS) is 14.2. The van der Waals surface area contributed by atoms with Gasteiger partial charge >= 0.3 is 6.36 Å². The summed E-state index contributed by atoms with van der Waals surface area (Å²) in [6, 6.07) is 13.9. The first-order chi connectivity index (χ1) is 14.8. The van der Waals surface area contributed by atoms with E-state index in [0.29, 0.717) is 31.0 Å². The summed E-state index contributed by atoms with van der Waals surface area (Å²) >= 11 is 0. The number of benzene rings is 2. The summed E-state index contributed by atoms with van der Waals surface area (Å²) in [5.41, 5.74) is 2.45. The molecule has 2 aromatic carbocycles. The van der Waals surface area contributed by atoms with Crippen LogP contribution in [0.5, 0.6) is 5.75 Å². The van der Waals surface area contributed by atoms with Crippen LogP contribution >= 0.6 is 24.0 Å². The molecule has 0 aromatic heterocycles. The zero-order chi connectivity index (χ0) is 22.3. The Morgan fingerprint density at radius 3 is 2.34 bits per heavy atom. The van der Waals surface area contributed by atoms with E-state index >= 15 is 0 Å². The largest absolute Gasteiger partial charge is 0.573 e. The third kappa shape index (κ3) is 7.88. The van der Waals surface area contributed by atoms with Crippen LogP contribution in [0.4, 0.5) is 13.2 Å². The lowest BCUT2D eigenvalue weighted by Gasteiger charge is -2.16. The van der Waals surface area contributed by atoms with Crippen LogP contribution in [0.15, 0.2) is 53.5 Å². The third-order valence-electron chi connectivity index (χ3n) is 4.90. The maximum Gasteiger partial charge on any atom is 0.573 e. The molecular weight excluding hydrogens is 536 g/mol. The standard InChI is InChI=1S/C22H25F3N4O2.HI/c1-26-21(28-14-18-5-2-3-6-19(18)31-22(23,24)25)27-13-16-8-10-17(11-9-16)15-29-12-4-7-20(29)30;/h2-3,5-6,8-11H,4,7,12-15H2,1H3,(H2,26,27,28);1H. The van der Waals surface area contributed by atoms with Crippen molar-refractivity contribution in [1.29, 1.82) is 0 Å². The van der Waals surface area contributed by atoms with Crippen molar-refractivity contribution in [2.75, 3.05) is 13.6 Å². The lowest BCUT2D eigenvalue weighted by Crippen LogP contribution is -2.36. The topological polar surface area (TPSA) is 66.0 Å². The van der Waals surface area contributed by atoms with Crippen molar-refractivity contribution in [2.24, 2.45) is 4.99 Å². The quantitative estimate of drug-likeness (QED) is 0.302. The lowest BCUT2D eigenvalue weighted by molar-refractivity contribution is -0.274. The minimum absolute atomic E-state index is 0. The van der Waals surface area contributed by atoms with Gasteiger partial charge in [0.2, 0.25) is 5.91 Å². The first-order valence-corrected chi connectivity index (χ1v) is 9.98. The van der Waals surface area contributed by atoms with Crippen molar-refractivity contribution in [3.8, 4) is 5.75 Å². The number of nitrogens with one attached hydrogen (secondary N) is 2. The van der Waals surface area contributed by atoms with Crippen LogP contribution in [0.3, 0.4) is 0 Å². The molecule has 0 unspecified atom stereocenters. The molecule has 0 radical (unpaired) electrons. The van der Waals surface area contributed by atoms with Gasteiger partial charge in [0.05, 0.1) is 0 Å². The van der Waals surface area contributed by atoms with E-state index in [1.807, 2.05) is 29.2 Å². The van der Waals surface area contributed by atoms with Gasteiger partial charge in [-0.15, -0.1) is 37.1 Å². The van der Waals surface area contributed by atoms with Gasteiger partial charge in [-0.1, -0.05) is 42.5 Å². The molecule has 32 heavy (non-hydrogen) atoms. The number of hydrogen-bond donors (Lipinski definition) is 2. The summed E-state index contributed by atoms with van der Waals surface area (Å²) in [6.45, 7) is 2.04. The van der Waals surface area contributed by atoms with Gasteiger partial charge in [0.1, 0.15) is 5.75 Å². The molecule has 0 aliphatic carbocycles. The summed E-state index contributed by atoms with van der Waals surface area (Å²) in [7, 11) is 1.59. The molecule has 0 saturated carbocycles. The molecule has 174 valence electrons. The predicted molar refractivity (Wildman–Crippen MR) is 127 cm³/mol. The van der Waals surface area contributed by atoms with Gasteiger partial charge in [0.25, 0.3) is 0 Å². The molecule has 0 bridgehead atoms. The van der Waals surface area contributed by atoms with Crippen molar-refractivity contribution in [2.45, 2.75) is 38.8 Å². The minimum atomic E-state index is -4.75. The van der Waals surface area contributed by atoms with Gasteiger partial charge < -0.3 is 20.3 Å². The summed E-state index contributed by atoms with van der Waals surface area (Å²) < 4.78 is 41.7. The molecule has 0 atom stereocenters. The number of carbonyl (C=O) groups is 1. The number of alkyl halides is 3. The Morgan fingerprint density at radius 1 is 1.06 bits per heavy atom. The maximum atomic E-state index is 12.6. The van der Waals surface area contributed by atoms with Gasteiger partial charge in [0.15, 0.2) is 5.96 Å². The second kappa shape index (κ2) is 11.9. The molecule has 1 heterocycles. The Morgan fingerprint density at radius 2 is 1.72 bits per heavy atom. The Bertz CT molecular complexity index is 920. The molecule has 6 nitrogen and oxygen atoms in total. The highest BCUT2D eigenvalue weighted by Gasteiger charge is 2.31. The molecule has 1 fully saturated rings. The number of rotatable bonds is 7. The number of guanidine groups is 1. The van der Waals surface area contributed by atoms with Crippen LogP contribution in [-0.4, -0.2) is 36.7 Å².